The van der Waals surface area contributed by atoms with Crippen LogP contribution in [0.3, 0.4) is 0 Å². The van der Waals surface area contributed by atoms with Gasteiger partial charge in [-0.2, -0.15) is 0 Å². The number of nitrogens with zero attached hydrogens (tertiary/aromatic N) is 1. The van der Waals surface area contributed by atoms with E-state index in [2.05, 4.69) is 67.4 Å². The zero-order valence-electron chi connectivity index (χ0n) is 11.5. The van der Waals surface area contributed by atoms with Crippen molar-refractivity contribution in [1.29, 1.82) is 0 Å². The van der Waals surface area contributed by atoms with Crippen molar-refractivity contribution in [1.82, 2.24) is 4.98 Å². The molecule has 0 saturated heterocycles. The first-order valence-electron chi connectivity index (χ1n) is 6.34. The number of hydrogen-bond donors (Lipinski definition) is 0. The molecule has 1 heterocycles. The highest BCUT2D eigenvalue weighted by Gasteiger charge is 2.11. The van der Waals surface area contributed by atoms with Crippen LogP contribution in [0.4, 0.5) is 0 Å². The summed E-state index contributed by atoms with van der Waals surface area (Å²) in [6, 6.07) is 19.0. The standard InChI is InChI=1S/C17H15NS.BrH/c1-12-13(2)19-17(18-12)16-11-7-6-10-15(16)14-8-4-3-5-9-14;/h3-11H,1-2H3;1H. The van der Waals surface area contributed by atoms with E-state index in [1.165, 1.54) is 21.6 Å². The minimum atomic E-state index is 0. The van der Waals surface area contributed by atoms with Gasteiger partial charge in [0.2, 0.25) is 0 Å². The Labute approximate surface area is 134 Å². The third kappa shape index (κ3) is 2.84. The number of aromatic nitrogens is 1. The average Bonchev–Trinajstić information content (AvgIpc) is 2.80. The van der Waals surface area contributed by atoms with Gasteiger partial charge in [0, 0.05) is 10.4 Å². The predicted octanol–water partition coefficient (Wildman–Crippen LogP) is 5.67. The van der Waals surface area contributed by atoms with Crippen molar-refractivity contribution in [3.8, 4) is 21.7 Å². The molecule has 0 aliphatic rings. The van der Waals surface area contributed by atoms with Gasteiger partial charge in [-0.25, -0.2) is 4.98 Å². The van der Waals surface area contributed by atoms with Gasteiger partial charge in [-0.3, -0.25) is 0 Å². The highest BCUT2D eigenvalue weighted by molar-refractivity contribution is 8.93. The van der Waals surface area contributed by atoms with Crippen LogP contribution in [-0.4, -0.2) is 4.98 Å². The van der Waals surface area contributed by atoms with E-state index in [1.807, 2.05) is 6.07 Å². The monoisotopic (exact) mass is 345 g/mol. The van der Waals surface area contributed by atoms with E-state index in [-0.39, 0.29) is 17.0 Å². The first-order valence-corrected chi connectivity index (χ1v) is 7.16. The quantitative estimate of drug-likeness (QED) is 0.582. The Morgan fingerprint density at radius 1 is 0.800 bits per heavy atom. The second-order valence-electron chi connectivity index (χ2n) is 4.57. The van der Waals surface area contributed by atoms with E-state index >= 15 is 0 Å². The molecule has 1 nitrogen and oxygen atoms in total. The summed E-state index contributed by atoms with van der Waals surface area (Å²) >= 11 is 1.77. The van der Waals surface area contributed by atoms with Gasteiger partial charge in [-0.1, -0.05) is 54.6 Å². The Kier molecular flexibility index (Phi) is 4.73. The number of halogens is 1. The molecule has 102 valence electrons. The van der Waals surface area contributed by atoms with Crippen molar-refractivity contribution in [2.75, 3.05) is 0 Å². The Morgan fingerprint density at radius 2 is 1.40 bits per heavy atom. The van der Waals surface area contributed by atoms with Crippen LogP contribution in [0.15, 0.2) is 54.6 Å². The highest BCUT2D eigenvalue weighted by Crippen LogP contribution is 2.35. The summed E-state index contributed by atoms with van der Waals surface area (Å²) in [6.07, 6.45) is 0. The van der Waals surface area contributed by atoms with Gasteiger partial charge >= 0.3 is 0 Å². The summed E-state index contributed by atoms with van der Waals surface area (Å²) in [5.74, 6) is 0. The fourth-order valence-corrected chi connectivity index (χ4v) is 3.08. The zero-order chi connectivity index (χ0) is 13.2. The summed E-state index contributed by atoms with van der Waals surface area (Å²) in [5, 5.41) is 1.11. The van der Waals surface area contributed by atoms with Crippen LogP contribution in [0.1, 0.15) is 10.6 Å². The molecule has 0 saturated carbocycles. The van der Waals surface area contributed by atoms with Crippen LogP contribution in [0.5, 0.6) is 0 Å². The number of aryl methyl sites for hydroxylation is 2. The van der Waals surface area contributed by atoms with E-state index in [4.69, 9.17) is 0 Å². The largest absolute Gasteiger partial charge is 0.241 e. The van der Waals surface area contributed by atoms with Gasteiger partial charge in [0.1, 0.15) is 5.01 Å². The number of thiazole rings is 1. The molecule has 0 N–H and O–H groups in total. The van der Waals surface area contributed by atoms with Crippen molar-refractivity contribution in [3.63, 3.8) is 0 Å². The third-order valence-electron chi connectivity index (χ3n) is 3.27. The van der Waals surface area contributed by atoms with Crippen LogP contribution >= 0.6 is 28.3 Å². The molecular formula is C17H16BrNS. The Balaban J connectivity index is 0.00000147. The molecule has 0 unspecified atom stereocenters. The molecular weight excluding hydrogens is 330 g/mol. The molecule has 0 atom stereocenters. The Morgan fingerprint density at radius 3 is 2.00 bits per heavy atom. The van der Waals surface area contributed by atoms with E-state index in [9.17, 15) is 0 Å². The number of rotatable bonds is 2. The first kappa shape index (κ1) is 14.9. The van der Waals surface area contributed by atoms with Crippen LogP contribution in [-0.2, 0) is 0 Å². The second-order valence-corrected chi connectivity index (χ2v) is 5.78. The van der Waals surface area contributed by atoms with Crippen LogP contribution in [0.2, 0.25) is 0 Å². The van der Waals surface area contributed by atoms with E-state index < -0.39 is 0 Å². The van der Waals surface area contributed by atoms with Crippen LogP contribution in [0.25, 0.3) is 21.7 Å². The predicted molar refractivity (Wildman–Crippen MR) is 92.8 cm³/mol. The van der Waals surface area contributed by atoms with Gasteiger partial charge in [0.15, 0.2) is 0 Å². The average molecular weight is 346 g/mol. The molecule has 0 radical (unpaired) electrons. The number of benzene rings is 2. The molecule has 0 aliphatic carbocycles. The van der Waals surface area contributed by atoms with Gasteiger partial charge in [-0.05, 0) is 25.0 Å². The summed E-state index contributed by atoms with van der Waals surface area (Å²) in [6.45, 7) is 4.20. The Bertz CT molecular complexity index is 685. The van der Waals surface area contributed by atoms with Crippen molar-refractivity contribution >= 4 is 28.3 Å². The first-order chi connectivity index (χ1) is 9.25. The Hall–Kier alpha value is -1.45. The molecule has 3 rings (SSSR count). The van der Waals surface area contributed by atoms with E-state index in [0.29, 0.717) is 0 Å². The lowest BCUT2D eigenvalue weighted by atomic mass is 10.0. The van der Waals surface area contributed by atoms with Gasteiger partial charge < -0.3 is 0 Å². The zero-order valence-corrected chi connectivity index (χ0v) is 14.0. The lowest BCUT2D eigenvalue weighted by molar-refractivity contribution is 1.23. The maximum Gasteiger partial charge on any atom is 0.124 e. The smallest absolute Gasteiger partial charge is 0.124 e. The topological polar surface area (TPSA) is 12.9 Å². The van der Waals surface area contributed by atoms with Crippen LogP contribution < -0.4 is 0 Å². The molecule has 0 amide bonds. The SMILES string of the molecule is Br.Cc1nc(-c2ccccc2-c2ccccc2)sc1C. The minimum Gasteiger partial charge on any atom is -0.241 e. The summed E-state index contributed by atoms with van der Waals surface area (Å²) < 4.78 is 0. The fraction of sp³-hybridized carbons (Fsp3) is 0.118. The molecule has 0 bridgehead atoms. The molecule has 0 fully saturated rings. The van der Waals surface area contributed by atoms with E-state index in [1.54, 1.807) is 11.3 Å². The fourth-order valence-electron chi connectivity index (χ4n) is 2.13. The molecule has 0 aliphatic heterocycles. The van der Waals surface area contributed by atoms with Crippen molar-refractivity contribution < 1.29 is 0 Å². The van der Waals surface area contributed by atoms with Gasteiger partial charge in [-0.15, -0.1) is 28.3 Å². The van der Waals surface area contributed by atoms with Crippen molar-refractivity contribution in [2.45, 2.75) is 13.8 Å². The lowest BCUT2D eigenvalue weighted by Gasteiger charge is -2.07. The minimum absolute atomic E-state index is 0. The van der Waals surface area contributed by atoms with E-state index in [0.717, 1.165) is 10.7 Å². The molecule has 0 spiro atoms. The van der Waals surface area contributed by atoms with Gasteiger partial charge in [0.25, 0.3) is 0 Å². The lowest BCUT2D eigenvalue weighted by Crippen LogP contribution is -1.84. The highest BCUT2D eigenvalue weighted by atomic mass is 79.9. The van der Waals surface area contributed by atoms with Crippen molar-refractivity contribution in [3.05, 3.63) is 65.2 Å². The second kappa shape index (κ2) is 6.33. The molecule has 20 heavy (non-hydrogen) atoms. The molecule has 1 aromatic heterocycles. The normalized spacial score (nSPS) is 10.1. The summed E-state index contributed by atoms with van der Waals surface area (Å²) in [7, 11) is 0. The summed E-state index contributed by atoms with van der Waals surface area (Å²) in [4.78, 5) is 5.97. The van der Waals surface area contributed by atoms with Gasteiger partial charge in [0.05, 0.1) is 5.69 Å². The maximum atomic E-state index is 4.69. The molecule has 3 heteroatoms. The number of hydrogen-bond acceptors (Lipinski definition) is 2. The van der Waals surface area contributed by atoms with Crippen LogP contribution in [0, 0.1) is 13.8 Å². The summed E-state index contributed by atoms with van der Waals surface area (Å²) in [5.41, 5.74) is 4.83. The maximum absolute atomic E-state index is 4.69. The molecule has 2 aromatic carbocycles. The van der Waals surface area contributed by atoms with Crippen molar-refractivity contribution in [2.24, 2.45) is 0 Å². The third-order valence-corrected chi connectivity index (χ3v) is 4.38. The molecule has 3 aromatic rings.